The summed E-state index contributed by atoms with van der Waals surface area (Å²) in [6.07, 6.45) is -1.15. The van der Waals surface area contributed by atoms with Crippen molar-refractivity contribution in [2.75, 3.05) is 23.3 Å². The lowest BCUT2D eigenvalue weighted by Crippen LogP contribution is -2.53. The highest BCUT2D eigenvalue weighted by Crippen LogP contribution is 2.33. The molecule has 32 heavy (non-hydrogen) atoms. The Labute approximate surface area is 181 Å². The zero-order chi connectivity index (χ0) is 23.0. The number of ether oxygens (including phenoxy) is 1. The normalized spacial score (nSPS) is 18.8. The molecule has 2 fully saturated rings. The predicted molar refractivity (Wildman–Crippen MR) is 109 cm³/mol. The molecule has 168 valence electrons. The molecular formula is C22H20F3N3O4. The highest BCUT2D eigenvalue weighted by Gasteiger charge is 2.35. The largest absolute Gasteiger partial charge is 0.442 e. The van der Waals surface area contributed by atoms with Gasteiger partial charge in [0.25, 0.3) is 0 Å². The third-order valence-electron chi connectivity index (χ3n) is 5.54. The van der Waals surface area contributed by atoms with E-state index in [1.54, 1.807) is 11.8 Å². The molecule has 3 amide bonds. The van der Waals surface area contributed by atoms with E-state index in [2.05, 4.69) is 10.6 Å². The Morgan fingerprint density at radius 3 is 2.41 bits per heavy atom. The average molecular weight is 447 g/mol. The summed E-state index contributed by atoms with van der Waals surface area (Å²) in [4.78, 5) is 36.9. The van der Waals surface area contributed by atoms with Crippen LogP contribution in [-0.2, 0) is 14.3 Å². The fourth-order valence-electron chi connectivity index (χ4n) is 3.80. The van der Waals surface area contributed by atoms with Gasteiger partial charge in [-0.2, -0.15) is 0 Å². The van der Waals surface area contributed by atoms with E-state index in [0.717, 1.165) is 12.1 Å². The van der Waals surface area contributed by atoms with Gasteiger partial charge in [0, 0.05) is 23.4 Å². The molecule has 1 atom stereocenters. The van der Waals surface area contributed by atoms with Gasteiger partial charge < -0.3 is 9.64 Å². The van der Waals surface area contributed by atoms with Crippen molar-refractivity contribution >= 4 is 29.3 Å². The first-order valence-electron chi connectivity index (χ1n) is 10.0. The quantitative estimate of drug-likeness (QED) is 0.702. The number of carbonyl (C=O) groups excluding carboxylic acids is 3. The van der Waals surface area contributed by atoms with E-state index in [1.165, 1.54) is 18.2 Å². The highest BCUT2D eigenvalue weighted by molar-refractivity contribution is 6.01. The van der Waals surface area contributed by atoms with Gasteiger partial charge in [0.05, 0.1) is 19.0 Å². The SMILES string of the molecule is Cc1cc(NC(=O)OC2CN(c3cc(F)c(C4CCC(=O)NC4=O)c(F)c3)C2)ccc1F. The van der Waals surface area contributed by atoms with Crippen molar-refractivity contribution in [3.63, 3.8) is 0 Å². The van der Waals surface area contributed by atoms with E-state index in [4.69, 9.17) is 4.74 Å². The molecule has 0 aliphatic carbocycles. The number of carbonyl (C=O) groups is 3. The minimum atomic E-state index is -1.06. The number of aryl methyl sites for hydroxylation is 1. The van der Waals surface area contributed by atoms with Gasteiger partial charge in [-0.05, 0) is 49.2 Å². The highest BCUT2D eigenvalue weighted by atomic mass is 19.1. The molecule has 2 N–H and O–H groups in total. The fraction of sp³-hybridized carbons (Fsp3) is 0.318. The maximum atomic E-state index is 14.6. The van der Waals surface area contributed by atoms with Gasteiger partial charge in [-0.25, -0.2) is 18.0 Å². The molecule has 0 saturated carbocycles. The molecule has 2 aliphatic heterocycles. The second kappa shape index (κ2) is 8.52. The summed E-state index contributed by atoms with van der Waals surface area (Å²) in [6.45, 7) is 2.03. The van der Waals surface area contributed by atoms with Crippen molar-refractivity contribution in [1.82, 2.24) is 5.32 Å². The van der Waals surface area contributed by atoms with Crippen molar-refractivity contribution in [3.8, 4) is 0 Å². The van der Waals surface area contributed by atoms with E-state index >= 15 is 0 Å². The zero-order valence-corrected chi connectivity index (χ0v) is 17.1. The molecule has 0 spiro atoms. The summed E-state index contributed by atoms with van der Waals surface area (Å²) < 4.78 is 47.8. The summed E-state index contributed by atoms with van der Waals surface area (Å²) in [5.74, 6) is -4.37. The van der Waals surface area contributed by atoms with Crippen molar-refractivity contribution in [1.29, 1.82) is 0 Å². The second-order valence-corrected chi connectivity index (χ2v) is 7.85. The Bertz CT molecular complexity index is 1080. The summed E-state index contributed by atoms with van der Waals surface area (Å²) in [5, 5.41) is 4.60. The lowest BCUT2D eigenvalue weighted by atomic mass is 9.89. The lowest BCUT2D eigenvalue weighted by Gasteiger charge is -2.40. The third kappa shape index (κ3) is 4.39. The van der Waals surface area contributed by atoms with Crippen LogP contribution in [-0.4, -0.2) is 37.1 Å². The molecule has 0 bridgehead atoms. The Balaban J connectivity index is 1.35. The predicted octanol–water partition coefficient (Wildman–Crippen LogP) is 3.37. The first kappa shape index (κ1) is 21.7. The number of nitrogens with one attached hydrogen (secondary N) is 2. The summed E-state index contributed by atoms with van der Waals surface area (Å²) >= 11 is 0. The standard InChI is InChI=1S/C22H20F3N3O4/c1-11-6-12(2-4-16(11)23)26-22(31)32-14-9-28(10-14)13-7-17(24)20(18(25)8-13)15-3-5-19(29)27-21(15)30/h2,4,6-8,14-15H,3,5,9-10H2,1H3,(H,26,31)(H,27,29,30). The average Bonchev–Trinajstić information content (AvgIpc) is 2.68. The van der Waals surface area contributed by atoms with Gasteiger partial charge in [-0.3, -0.25) is 20.2 Å². The molecule has 2 aromatic rings. The molecule has 0 aromatic heterocycles. The minimum Gasteiger partial charge on any atom is -0.442 e. The Kier molecular flexibility index (Phi) is 5.77. The van der Waals surface area contributed by atoms with Crippen LogP contribution in [0.15, 0.2) is 30.3 Å². The lowest BCUT2D eigenvalue weighted by molar-refractivity contribution is -0.134. The number of hydrogen-bond acceptors (Lipinski definition) is 5. The van der Waals surface area contributed by atoms with E-state index in [-0.39, 0.29) is 43.0 Å². The molecule has 2 heterocycles. The van der Waals surface area contributed by atoms with Crippen LogP contribution in [0.4, 0.5) is 29.3 Å². The molecular weight excluding hydrogens is 427 g/mol. The first-order chi connectivity index (χ1) is 15.2. The molecule has 2 aliphatic rings. The molecule has 10 heteroatoms. The number of piperidine rings is 1. The number of anilines is 2. The van der Waals surface area contributed by atoms with Crippen molar-refractivity contribution in [2.45, 2.75) is 31.8 Å². The number of hydrogen-bond donors (Lipinski definition) is 2. The smallest absolute Gasteiger partial charge is 0.412 e. The molecule has 2 saturated heterocycles. The van der Waals surface area contributed by atoms with Crippen LogP contribution in [0.25, 0.3) is 0 Å². The van der Waals surface area contributed by atoms with Gasteiger partial charge in [0.15, 0.2) is 0 Å². The Hall–Kier alpha value is -3.56. The molecule has 2 aromatic carbocycles. The van der Waals surface area contributed by atoms with Gasteiger partial charge in [-0.1, -0.05) is 0 Å². The van der Waals surface area contributed by atoms with Crippen LogP contribution >= 0.6 is 0 Å². The van der Waals surface area contributed by atoms with Crippen LogP contribution in [0, 0.1) is 24.4 Å². The van der Waals surface area contributed by atoms with E-state index in [1.807, 2.05) is 0 Å². The van der Waals surface area contributed by atoms with E-state index in [9.17, 15) is 27.6 Å². The maximum Gasteiger partial charge on any atom is 0.412 e. The number of halogens is 3. The van der Waals surface area contributed by atoms with E-state index < -0.39 is 41.6 Å². The topological polar surface area (TPSA) is 87.7 Å². The van der Waals surface area contributed by atoms with Crippen molar-refractivity contribution in [2.24, 2.45) is 0 Å². The number of benzene rings is 2. The minimum absolute atomic E-state index is 0.0156. The van der Waals surface area contributed by atoms with Gasteiger partial charge in [0.1, 0.15) is 23.6 Å². The summed E-state index contributed by atoms with van der Waals surface area (Å²) in [6, 6.07) is 6.36. The maximum absolute atomic E-state index is 14.6. The van der Waals surface area contributed by atoms with Crippen molar-refractivity contribution < 1.29 is 32.3 Å². The monoisotopic (exact) mass is 447 g/mol. The summed E-state index contributed by atoms with van der Waals surface area (Å²) in [5.41, 5.74) is 0.659. The van der Waals surface area contributed by atoms with Crippen LogP contribution in [0.3, 0.4) is 0 Å². The van der Waals surface area contributed by atoms with Gasteiger partial charge in [0.2, 0.25) is 11.8 Å². The molecule has 1 unspecified atom stereocenters. The zero-order valence-electron chi connectivity index (χ0n) is 17.1. The Morgan fingerprint density at radius 2 is 1.78 bits per heavy atom. The number of rotatable bonds is 4. The molecule has 4 rings (SSSR count). The van der Waals surface area contributed by atoms with Crippen molar-refractivity contribution in [3.05, 3.63) is 58.9 Å². The Morgan fingerprint density at radius 1 is 1.09 bits per heavy atom. The fourth-order valence-corrected chi connectivity index (χ4v) is 3.80. The van der Waals surface area contributed by atoms with Crippen LogP contribution in [0.5, 0.6) is 0 Å². The number of amides is 3. The van der Waals surface area contributed by atoms with Gasteiger partial charge in [-0.15, -0.1) is 0 Å². The molecule has 7 nitrogen and oxygen atoms in total. The van der Waals surface area contributed by atoms with Crippen LogP contribution in [0.2, 0.25) is 0 Å². The number of imide groups is 1. The first-order valence-corrected chi connectivity index (χ1v) is 10.0. The third-order valence-corrected chi connectivity index (χ3v) is 5.54. The van der Waals surface area contributed by atoms with E-state index in [0.29, 0.717) is 11.3 Å². The second-order valence-electron chi connectivity index (χ2n) is 7.85. The molecule has 0 radical (unpaired) electrons. The van der Waals surface area contributed by atoms with Gasteiger partial charge >= 0.3 is 6.09 Å². The summed E-state index contributed by atoms with van der Waals surface area (Å²) in [7, 11) is 0. The van der Waals surface area contributed by atoms with Crippen LogP contribution < -0.4 is 15.5 Å². The number of nitrogens with zero attached hydrogens (tertiary/aromatic N) is 1. The van der Waals surface area contributed by atoms with Crippen LogP contribution in [0.1, 0.15) is 29.9 Å².